The Morgan fingerprint density at radius 1 is 1.43 bits per heavy atom. The van der Waals surface area contributed by atoms with Gasteiger partial charge in [0.05, 0.1) is 0 Å². The van der Waals surface area contributed by atoms with E-state index in [1.807, 2.05) is 32.0 Å². The summed E-state index contributed by atoms with van der Waals surface area (Å²) >= 11 is 3.49. The lowest BCUT2D eigenvalue weighted by Gasteiger charge is -2.26. The van der Waals surface area contributed by atoms with Gasteiger partial charge in [-0.3, -0.25) is 19.7 Å². The Hall–Kier alpha value is -1.69. The summed E-state index contributed by atoms with van der Waals surface area (Å²) in [6, 6.07) is 5.78. The first-order valence-corrected chi connectivity index (χ1v) is 7.47. The van der Waals surface area contributed by atoms with Crippen molar-refractivity contribution in [1.82, 2.24) is 10.2 Å². The molecular weight excluding hydrogens is 336 g/mol. The number of halogens is 1. The molecule has 1 unspecified atom stereocenters. The fraction of sp³-hybridized carbons (Fsp3) is 0.400. The molecule has 3 amide bonds. The van der Waals surface area contributed by atoms with Crippen molar-refractivity contribution in [2.75, 3.05) is 0 Å². The molecular formula is C15H19BrN2O3. The molecule has 0 aliphatic carbocycles. The Bertz CT molecular complexity index is 499. The molecule has 0 saturated carbocycles. The molecule has 0 aliphatic heterocycles. The third kappa shape index (κ3) is 5.30. The van der Waals surface area contributed by atoms with Crippen molar-refractivity contribution in [3.63, 3.8) is 0 Å². The lowest BCUT2D eigenvalue weighted by atomic mass is 10.1. The molecule has 0 radical (unpaired) electrons. The fourth-order valence-corrected chi connectivity index (χ4v) is 2.58. The first-order valence-electron chi connectivity index (χ1n) is 6.67. The van der Waals surface area contributed by atoms with E-state index >= 15 is 0 Å². The summed E-state index contributed by atoms with van der Waals surface area (Å²) in [5.41, 5.74) is 2.15. The highest BCUT2D eigenvalue weighted by molar-refractivity contribution is 9.10. The SMILES string of the molecule is Cc1cccc(Br)c1CN(C=O)C(C)CCC(=O)NC=O. The van der Waals surface area contributed by atoms with Gasteiger partial charge in [0.25, 0.3) is 0 Å². The van der Waals surface area contributed by atoms with E-state index < -0.39 is 0 Å². The zero-order chi connectivity index (χ0) is 15.8. The minimum absolute atomic E-state index is 0.0913. The number of hydrogen-bond donors (Lipinski definition) is 1. The number of carbonyl (C=O) groups is 3. The van der Waals surface area contributed by atoms with Crippen LogP contribution in [0.5, 0.6) is 0 Å². The second kappa shape index (κ2) is 8.56. The van der Waals surface area contributed by atoms with Crippen molar-refractivity contribution in [1.29, 1.82) is 0 Å². The van der Waals surface area contributed by atoms with Gasteiger partial charge >= 0.3 is 0 Å². The number of aryl methyl sites for hydroxylation is 1. The third-order valence-corrected chi connectivity index (χ3v) is 4.15. The number of imide groups is 1. The number of amides is 3. The van der Waals surface area contributed by atoms with Crippen molar-refractivity contribution < 1.29 is 14.4 Å². The van der Waals surface area contributed by atoms with Crippen LogP contribution in [0.1, 0.15) is 30.9 Å². The average molecular weight is 355 g/mol. The number of benzene rings is 1. The van der Waals surface area contributed by atoms with Crippen LogP contribution < -0.4 is 5.32 Å². The molecule has 1 aromatic rings. The molecule has 5 nitrogen and oxygen atoms in total. The van der Waals surface area contributed by atoms with Gasteiger partial charge in [-0.25, -0.2) is 0 Å². The molecule has 0 aromatic heterocycles. The zero-order valence-electron chi connectivity index (χ0n) is 12.1. The van der Waals surface area contributed by atoms with E-state index in [2.05, 4.69) is 21.2 Å². The van der Waals surface area contributed by atoms with Crippen molar-refractivity contribution in [2.45, 2.75) is 39.3 Å². The molecule has 0 heterocycles. The summed E-state index contributed by atoms with van der Waals surface area (Å²) in [7, 11) is 0. The average Bonchev–Trinajstić information content (AvgIpc) is 2.45. The Kier molecular flexibility index (Phi) is 7.08. The maximum absolute atomic E-state index is 11.3. The van der Waals surface area contributed by atoms with Crippen molar-refractivity contribution in [3.8, 4) is 0 Å². The summed E-state index contributed by atoms with van der Waals surface area (Å²) in [5.74, 6) is -0.334. The Morgan fingerprint density at radius 2 is 2.14 bits per heavy atom. The topological polar surface area (TPSA) is 66.5 Å². The Morgan fingerprint density at radius 3 is 2.71 bits per heavy atom. The van der Waals surface area contributed by atoms with Gasteiger partial charge in [0, 0.05) is 23.5 Å². The van der Waals surface area contributed by atoms with Gasteiger partial charge in [-0.2, -0.15) is 0 Å². The van der Waals surface area contributed by atoms with E-state index in [-0.39, 0.29) is 18.4 Å². The van der Waals surface area contributed by atoms with Gasteiger partial charge in [-0.15, -0.1) is 0 Å². The zero-order valence-corrected chi connectivity index (χ0v) is 13.7. The number of nitrogens with one attached hydrogen (secondary N) is 1. The van der Waals surface area contributed by atoms with Gasteiger partial charge < -0.3 is 4.90 Å². The third-order valence-electron chi connectivity index (χ3n) is 3.40. The number of carbonyl (C=O) groups excluding carboxylic acids is 3. The largest absolute Gasteiger partial charge is 0.338 e. The molecule has 1 rings (SSSR count). The second-order valence-electron chi connectivity index (χ2n) is 4.89. The minimum Gasteiger partial charge on any atom is -0.338 e. The predicted octanol–water partition coefficient (Wildman–Crippen LogP) is 2.16. The summed E-state index contributed by atoms with van der Waals surface area (Å²) < 4.78 is 0.959. The molecule has 0 bridgehead atoms. The first kappa shape index (κ1) is 17.4. The van der Waals surface area contributed by atoms with E-state index in [1.54, 1.807) is 4.90 Å². The summed E-state index contributed by atoms with van der Waals surface area (Å²) in [6.07, 6.45) is 1.87. The van der Waals surface area contributed by atoms with Crippen LogP contribution in [0.25, 0.3) is 0 Å². The molecule has 0 saturated heterocycles. The van der Waals surface area contributed by atoms with Crippen LogP contribution in [-0.2, 0) is 20.9 Å². The van der Waals surface area contributed by atoms with Gasteiger partial charge in [0.15, 0.2) is 0 Å². The van der Waals surface area contributed by atoms with Gasteiger partial charge in [0.2, 0.25) is 18.7 Å². The standard InChI is InChI=1S/C15H19BrN2O3/c1-11-4-3-5-14(16)13(11)8-18(10-20)12(2)6-7-15(21)17-9-19/h3-5,9-10,12H,6-8H2,1-2H3,(H,17,19,21). The summed E-state index contributed by atoms with van der Waals surface area (Å²) in [5, 5.41) is 2.09. The van der Waals surface area contributed by atoms with Gasteiger partial charge in [0.1, 0.15) is 0 Å². The van der Waals surface area contributed by atoms with Crippen LogP contribution in [0.4, 0.5) is 0 Å². The van der Waals surface area contributed by atoms with E-state index in [1.165, 1.54) is 0 Å². The van der Waals surface area contributed by atoms with Crippen molar-refractivity contribution in [2.24, 2.45) is 0 Å². The number of nitrogens with zero attached hydrogens (tertiary/aromatic N) is 1. The van der Waals surface area contributed by atoms with Crippen LogP contribution >= 0.6 is 15.9 Å². The quantitative estimate of drug-likeness (QED) is 0.727. The van der Waals surface area contributed by atoms with E-state index in [9.17, 15) is 14.4 Å². The highest BCUT2D eigenvalue weighted by atomic mass is 79.9. The maximum Gasteiger partial charge on any atom is 0.226 e. The molecule has 6 heteroatoms. The monoisotopic (exact) mass is 354 g/mol. The number of rotatable bonds is 8. The highest BCUT2D eigenvalue weighted by Gasteiger charge is 2.16. The molecule has 0 spiro atoms. The predicted molar refractivity (Wildman–Crippen MR) is 83.4 cm³/mol. The van der Waals surface area contributed by atoms with Crippen LogP contribution in [0, 0.1) is 6.92 Å². The molecule has 1 N–H and O–H groups in total. The summed E-state index contributed by atoms with van der Waals surface area (Å²) in [6.45, 7) is 4.35. The molecule has 21 heavy (non-hydrogen) atoms. The Labute approximate surface area is 132 Å². The fourth-order valence-electron chi connectivity index (χ4n) is 1.99. The van der Waals surface area contributed by atoms with E-state index in [0.717, 1.165) is 22.0 Å². The second-order valence-corrected chi connectivity index (χ2v) is 5.74. The number of hydrogen-bond acceptors (Lipinski definition) is 3. The minimum atomic E-state index is -0.334. The molecule has 0 aliphatic rings. The molecule has 1 aromatic carbocycles. The van der Waals surface area contributed by atoms with Gasteiger partial charge in [-0.05, 0) is 37.5 Å². The van der Waals surface area contributed by atoms with Crippen LogP contribution in [0.2, 0.25) is 0 Å². The lowest BCUT2D eigenvalue weighted by molar-refractivity contribution is -0.126. The molecule has 114 valence electrons. The van der Waals surface area contributed by atoms with Crippen molar-refractivity contribution in [3.05, 3.63) is 33.8 Å². The summed E-state index contributed by atoms with van der Waals surface area (Å²) in [4.78, 5) is 34.4. The lowest BCUT2D eigenvalue weighted by Crippen LogP contribution is -2.33. The van der Waals surface area contributed by atoms with Crippen molar-refractivity contribution >= 4 is 34.7 Å². The smallest absolute Gasteiger partial charge is 0.226 e. The Balaban J connectivity index is 2.68. The maximum atomic E-state index is 11.3. The van der Waals surface area contributed by atoms with Crippen LogP contribution in [0.3, 0.4) is 0 Å². The van der Waals surface area contributed by atoms with Crippen LogP contribution in [0.15, 0.2) is 22.7 Å². The molecule has 1 atom stereocenters. The van der Waals surface area contributed by atoms with Gasteiger partial charge in [-0.1, -0.05) is 28.1 Å². The highest BCUT2D eigenvalue weighted by Crippen LogP contribution is 2.22. The van der Waals surface area contributed by atoms with Crippen LogP contribution in [-0.4, -0.2) is 29.7 Å². The molecule has 0 fully saturated rings. The normalized spacial score (nSPS) is 11.6. The van der Waals surface area contributed by atoms with E-state index in [4.69, 9.17) is 0 Å². The van der Waals surface area contributed by atoms with E-state index in [0.29, 0.717) is 19.4 Å². The first-order chi connectivity index (χ1) is 9.99.